The van der Waals surface area contributed by atoms with Gasteiger partial charge in [0.2, 0.25) is 17.7 Å². The molecule has 47 heavy (non-hydrogen) atoms. The summed E-state index contributed by atoms with van der Waals surface area (Å²) < 4.78 is 0. The van der Waals surface area contributed by atoms with E-state index in [4.69, 9.17) is 29.4 Å². The number of aliphatic imine (C=N–C) groups is 1. The Morgan fingerprint density at radius 1 is 0.894 bits per heavy atom. The maximum absolute atomic E-state index is 13.8. The summed E-state index contributed by atoms with van der Waals surface area (Å²) >= 11 is 4.94. The van der Waals surface area contributed by atoms with Crippen molar-refractivity contribution in [3.8, 4) is 0 Å². The van der Waals surface area contributed by atoms with Gasteiger partial charge < -0.3 is 54.2 Å². The number of carbonyl (C=O) groups is 4. The van der Waals surface area contributed by atoms with Gasteiger partial charge in [-0.25, -0.2) is 4.79 Å². The first-order chi connectivity index (χ1) is 22.3. The molecule has 3 amide bonds. The molecule has 0 radical (unpaired) electrons. The smallest absolute Gasteiger partial charge is 0.326 e. The number of guanidine groups is 1. The molecule has 0 aromatic heterocycles. The number of carboxylic acid groups (broad SMARTS) is 1. The number of amides is 3. The molecule has 13 N–H and O–H groups in total. The average molecular weight is 679 g/mol. The third-order valence-electron chi connectivity index (χ3n) is 6.64. The van der Waals surface area contributed by atoms with Gasteiger partial charge in [-0.1, -0.05) is 57.5 Å². The highest BCUT2D eigenvalue weighted by Crippen LogP contribution is 2.11. The standard InChI is InChI=1S/C31H54N10O5S/c1-6-11-21(7-2)16-26(30(45)46)41-28(43)24(12-8-9-14-32)39-29(44)25(17-22(18-35-5)37-19-47)40-27(42)23(38-20(3)4)13-10-15-36-31(33)34/h6-7,11,18-20,23-26,35,38H,1-2,8-10,12-17,32H2,3-5H3,(H,37,47)(H,39,44)(H,40,42)(H,41,43)(H,45,46)(H4,33,34,36)/b21-11+,22-18-. The van der Waals surface area contributed by atoms with E-state index >= 15 is 0 Å². The molecule has 0 aliphatic rings. The monoisotopic (exact) mass is 678 g/mol. The molecule has 0 spiro atoms. The van der Waals surface area contributed by atoms with E-state index in [1.807, 2.05) is 13.8 Å². The van der Waals surface area contributed by atoms with Gasteiger partial charge in [0, 0.05) is 44.4 Å². The number of nitrogens with two attached hydrogens (primary N) is 3. The van der Waals surface area contributed by atoms with Crippen LogP contribution < -0.4 is 49.1 Å². The van der Waals surface area contributed by atoms with Crippen molar-refractivity contribution in [1.82, 2.24) is 31.9 Å². The molecule has 15 nitrogen and oxygen atoms in total. The van der Waals surface area contributed by atoms with Gasteiger partial charge in [-0.2, -0.15) is 0 Å². The van der Waals surface area contributed by atoms with Gasteiger partial charge in [0.1, 0.15) is 18.1 Å². The minimum Gasteiger partial charge on any atom is -0.480 e. The fraction of sp³-hybridized carbons (Fsp3) is 0.548. The summed E-state index contributed by atoms with van der Waals surface area (Å²) in [5.74, 6) is -3.12. The molecule has 0 rings (SSSR count). The van der Waals surface area contributed by atoms with Crippen LogP contribution in [0.2, 0.25) is 0 Å². The van der Waals surface area contributed by atoms with Crippen molar-refractivity contribution in [2.24, 2.45) is 22.2 Å². The molecular weight excluding hydrogens is 624 g/mol. The van der Waals surface area contributed by atoms with Gasteiger partial charge in [-0.3, -0.25) is 19.4 Å². The molecule has 0 aliphatic carbocycles. The van der Waals surface area contributed by atoms with Crippen molar-refractivity contribution in [3.63, 3.8) is 0 Å². The Bertz CT molecular complexity index is 1140. The van der Waals surface area contributed by atoms with Crippen LogP contribution in [0, 0.1) is 0 Å². The largest absolute Gasteiger partial charge is 0.480 e. The van der Waals surface area contributed by atoms with Gasteiger partial charge >= 0.3 is 5.97 Å². The highest BCUT2D eigenvalue weighted by atomic mass is 32.1. The summed E-state index contributed by atoms with van der Waals surface area (Å²) in [6.07, 6.45) is 8.18. The molecule has 0 bridgehead atoms. The van der Waals surface area contributed by atoms with Gasteiger partial charge in [-0.15, -0.1) is 0 Å². The molecule has 16 heteroatoms. The van der Waals surface area contributed by atoms with E-state index < -0.39 is 47.9 Å². The second kappa shape index (κ2) is 24.9. The number of carboxylic acids is 1. The predicted octanol–water partition coefficient (Wildman–Crippen LogP) is -0.239. The molecule has 4 unspecified atom stereocenters. The number of nitrogens with one attached hydrogen (secondary N) is 6. The molecule has 4 atom stereocenters. The lowest BCUT2D eigenvalue weighted by Gasteiger charge is -2.27. The van der Waals surface area contributed by atoms with Crippen LogP contribution in [0.5, 0.6) is 0 Å². The molecule has 0 saturated carbocycles. The lowest BCUT2D eigenvalue weighted by Crippen LogP contribution is -2.58. The van der Waals surface area contributed by atoms with Crippen LogP contribution >= 0.6 is 12.2 Å². The molecule has 0 aliphatic heterocycles. The lowest BCUT2D eigenvalue weighted by molar-refractivity contribution is -0.142. The topological polar surface area (TPSA) is 251 Å². The van der Waals surface area contributed by atoms with Gasteiger partial charge in [0.15, 0.2) is 5.96 Å². The first-order valence-electron chi connectivity index (χ1n) is 15.5. The molecule has 0 aromatic carbocycles. The van der Waals surface area contributed by atoms with Crippen LogP contribution in [0.1, 0.15) is 58.8 Å². The average Bonchev–Trinajstić information content (AvgIpc) is 3.00. The minimum atomic E-state index is -1.30. The summed E-state index contributed by atoms with van der Waals surface area (Å²) in [6, 6.07) is -4.31. The first-order valence-corrected chi connectivity index (χ1v) is 16.0. The zero-order chi connectivity index (χ0) is 35.8. The Kier molecular flexibility index (Phi) is 22.6. The van der Waals surface area contributed by atoms with Crippen molar-refractivity contribution in [3.05, 3.63) is 48.9 Å². The molecule has 0 saturated heterocycles. The zero-order valence-electron chi connectivity index (χ0n) is 27.7. The van der Waals surface area contributed by atoms with E-state index in [0.717, 1.165) is 0 Å². The Balaban J connectivity index is 6.31. The van der Waals surface area contributed by atoms with E-state index in [1.54, 1.807) is 19.3 Å². The molecule has 264 valence electrons. The van der Waals surface area contributed by atoms with E-state index in [9.17, 15) is 24.3 Å². The second-order valence-corrected chi connectivity index (χ2v) is 11.2. The summed E-state index contributed by atoms with van der Waals surface area (Å²) in [4.78, 5) is 56.8. The first kappa shape index (κ1) is 42.7. The third-order valence-corrected chi connectivity index (χ3v) is 6.76. The number of carbonyl (C=O) groups excluding carboxylic acids is 3. The van der Waals surface area contributed by atoms with Crippen LogP contribution in [0.3, 0.4) is 0 Å². The number of thiocarbonyl (C=S) groups is 1. The molecule has 0 fully saturated rings. The zero-order valence-corrected chi connectivity index (χ0v) is 28.5. The number of rotatable bonds is 26. The van der Waals surface area contributed by atoms with E-state index in [1.165, 1.54) is 17.6 Å². The Morgan fingerprint density at radius 3 is 2.02 bits per heavy atom. The van der Waals surface area contributed by atoms with Gasteiger partial charge in [0.25, 0.3) is 0 Å². The van der Waals surface area contributed by atoms with Crippen molar-refractivity contribution >= 4 is 47.4 Å². The fourth-order valence-corrected chi connectivity index (χ4v) is 4.57. The van der Waals surface area contributed by atoms with E-state index in [-0.39, 0.29) is 31.3 Å². The van der Waals surface area contributed by atoms with Crippen LogP contribution in [0.15, 0.2) is 53.8 Å². The van der Waals surface area contributed by atoms with E-state index in [2.05, 4.69) is 50.1 Å². The van der Waals surface area contributed by atoms with Crippen molar-refractivity contribution in [2.75, 3.05) is 20.1 Å². The summed E-state index contributed by atoms with van der Waals surface area (Å²) in [5, 5.41) is 26.8. The number of hydrogen-bond donors (Lipinski definition) is 10. The van der Waals surface area contributed by atoms with Crippen LogP contribution in [0.4, 0.5) is 0 Å². The summed E-state index contributed by atoms with van der Waals surface area (Å²) in [6.45, 7) is 11.7. The molecular formula is C31H54N10O5S. The number of nitrogens with zero attached hydrogens (tertiary/aromatic N) is 1. The minimum absolute atomic E-state index is 0.0160. The molecule has 0 aromatic rings. The number of hydrogen-bond acceptors (Lipinski definition) is 9. The third kappa shape index (κ3) is 19.1. The Morgan fingerprint density at radius 2 is 1.49 bits per heavy atom. The quantitative estimate of drug-likeness (QED) is 0.0187. The normalized spacial score (nSPS) is 14.1. The van der Waals surface area contributed by atoms with Crippen LogP contribution in [0.25, 0.3) is 0 Å². The number of allylic oxidation sites excluding steroid dienone is 3. The van der Waals surface area contributed by atoms with Crippen molar-refractivity contribution in [2.45, 2.75) is 89.0 Å². The number of aliphatic carboxylic acids is 1. The van der Waals surface area contributed by atoms with Crippen LogP contribution in [-0.2, 0) is 19.2 Å². The summed E-state index contributed by atoms with van der Waals surface area (Å²) in [7, 11) is 1.66. The van der Waals surface area contributed by atoms with Crippen molar-refractivity contribution in [1.29, 1.82) is 0 Å². The second-order valence-electron chi connectivity index (χ2n) is 10.9. The highest BCUT2D eigenvalue weighted by Gasteiger charge is 2.31. The maximum Gasteiger partial charge on any atom is 0.326 e. The van der Waals surface area contributed by atoms with Crippen LogP contribution in [-0.4, -0.2) is 90.6 Å². The van der Waals surface area contributed by atoms with Crippen molar-refractivity contribution < 1.29 is 24.3 Å². The lowest BCUT2D eigenvalue weighted by atomic mass is 10.0. The van der Waals surface area contributed by atoms with E-state index in [0.29, 0.717) is 50.0 Å². The van der Waals surface area contributed by atoms with Gasteiger partial charge in [-0.05, 0) is 44.2 Å². The Labute approximate surface area is 283 Å². The SMILES string of the molecule is C=C/C=C(\C=C)CC(NC(=O)C(CCCCN)NC(=O)C(C/C(=C/NC)NC=S)NC(=O)C(CCCN=C(N)N)NC(C)C)C(=O)O. The van der Waals surface area contributed by atoms with Gasteiger partial charge in [0.05, 0.1) is 11.5 Å². The predicted molar refractivity (Wildman–Crippen MR) is 190 cm³/mol. The highest BCUT2D eigenvalue weighted by molar-refractivity contribution is 7.78. The Hall–Kier alpha value is -4.28. The molecule has 0 heterocycles. The fourth-order valence-electron chi connectivity index (χ4n) is 4.42. The maximum atomic E-state index is 13.8. The number of unbranched alkanes of at least 4 members (excludes halogenated alkanes) is 1. The summed E-state index contributed by atoms with van der Waals surface area (Å²) in [5.41, 5.74) is 18.8.